The molecule has 2 aromatic rings. The second-order valence-corrected chi connectivity index (χ2v) is 5.30. The molecule has 1 aliphatic heterocycles. The third kappa shape index (κ3) is 3.36. The van der Waals surface area contributed by atoms with Crippen molar-refractivity contribution in [1.82, 2.24) is 20.4 Å². The number of rotatable bonds is 4. The molecule has 0 atom stereocenters. The minimum atomic E-state index is 0.530. The largest absolute Gasteiger partial charge is 0.334 e. The Morgan fingerprint density at radius 3 is 2.95 bits per heavy atom. The highest BCUT2D eigenvalue weighted by Gasteiger charge is 2.12. The van der Waals surface area contributed by atoms with Crippen LogP contribution < -0.4 is 5.32 Å². The minimum Gasteiger partial charge on any atom is -0.334 e. The van der Waals surface area contributed by atoms with Gasteiger partial charge in [-0.3, -0.25) is 0 Å². The zero-order valence-electron chi connectivity index (χ0n) is 11.2. The molecule has 6 heteroatoms. The highest BCUT2D eigenvalue weighted by molar-refractivity contribution is 6.30. The van der Waals surface area contributed by atoms with Gasteiger partial charge in [0.25, 0.3) is 5.89 Å². The van der Waals surface area contributed by atoms with Crippen molar-refractivity contribution in [3.63, 3.8) is 0 Å². The molecule has 0 saturated carbocycles. The molecule has 1 saturated heterocycles. The van der Waals surface area contributed by atoms with Gasteiger partial charge < -0.3 is 14.7 Å². The molecule has 0 bridgehead atoms. The standard InChI is InChI=1S/C14H17ClN4O/c15-12-3-1-2-11(10-12)14-17-13(18-20-14)4-7-19-8-5-16-6-9-19/h1-3,10,16H,4-9H2. The van der Waals surface area contributed by atoms with E-state index in [0.29, 0.717) is 10.9 Å². The van der Waals surface area contributed by atoms with Crippen LogP contribution in [0.1, 0.15) is 5.82 Å². The number of piperazine rings is 1. The van der Waals surface area contributed by atoms with Crippen LogP contribution in [0.4, 0.5) is 0 Å². The smallest absolute Gasteiger partial charge is 0.257 e. The zero-order chi connectivity index (χ0) is 13.8. The first-order valence-corrected chi connectivity index (χ1v) is 7.21. The summed E-state index contributed by atoms with van der Waals surface area (Å²) >= 11 is 5.96. The Balaban J connectivity index is 1.61. The fourth-order valence-electron chi connectivity index (χ4n) is 2.29. The summed E-state index contributed by atoms with van der Waals surface area (Å²) in [5.41, 5.74) is 0.860. The average molecular weight is 293 g/mol. The van der Waals surface area contributed by atoms with Crippen LogP contribution in [0, 0.1) is 0 Å². The van der Waals surface area contributed by atoms with Crippen LogP contribution >= 0.6 is 11.6 Å². The second kappa shape index (κ2) is 6.35. The molecule has 0 unspecified atom stereocenters. The Morgan fingerprint density at radius 2 is 2.15 bits per heavy atom. The molecular weight excluding hydrogens is 276 g/mol. The van der Waals surface area contributed by atoms with Crippen molar-refractivity contribution < 1.29 is 4.52 Å². The van der Waals surface area contributed by atoms with Crippen molar-refractivity contribution in [3.05, 3.63) is 35.1 Å². The first kappa shape index (κ1) is 13.5. The van der Waals surface area contributed by atoms with Gasteiger partial charge in [0.05, 0.1) is 0 Å². The predicted octanol–water partition coefficient (Wildman–Crippen LogP) is 1.84. The summed E-state index contributed by atoms with van der Waals surface area (Å²) in [5.74, 6) is 1.28. The summed E-state index contributed by atoms with van der Waals surface area (Å²) in [6, 6.07) is 7.45. The van der Waals surface area contributed by atoms with Crippen molar-refractivity contribution >= 4 is 11.6 Å². The van der Waals surface area contributed by atoms with Gasteiger partial charge in [-0.25, -0.2) is 0 Å². The molecule has 20 heavy (non-hydrogen) atoms. The normalized spacial score (nSPS) is 16.4. The van der Waals surface area contributed by atoms with Crippen molar-refractivity contribution in [2.75, 3.05) is 32.7 Å². The van der Waals surface area contributed by atoms with Gasteiger partial charge in [-0.2, -0.15) is 4.98 Å². The lowest BCUT2D eigenvalue weighted by Gasteiger charge is -2.26. The molecule has 5 nitrogen and oxygen atoms in total. The number of aromatic nitrogens is 2. The van der Waals surface area contributed by atoms with E-state index in [-0.39, 0.29) is 0 Å². The lowest BCUT2D eigenvalue weighted by Crippen LogP contribution is -2.44. The summed E-state index contributed by atoms with van der Waals surface area (Å²) in [7, 11) is 0. The summed E-state index contributed by atoms with van der Waals surface area (Å²) < 4.78 is 5.29. The molecule has 1 N–H and O–H groups in total. The van der Waals surface area contributed by atoms with Crippen molar-refractivity contribution in [1.29, 1.82) is 0 Å². The van der Waals surface area contributed by atoms with Crippen molar-refractivity contribution in [2.45, 2.75) is 6.42 Å². The SMILES string of the molecule is Clc1cccc(-c2nc(CCN3CCNCC3)no2)c1. The van der Waals surface area contributed by atoms with E-state index in [9.17, 15) is 0 Å². The Kier molecular flexibility index (Phi) is 4.30. The van der Waals surface area contributed by atoms with Crippen molar-refractivity contribution in [3.8, 4) is 11.5 Å². The van der Waals surface area contributed by atoms with Gasteiger partial charge in [0, 0.05) is 49.7 Å². The molecule has 1 aliphatic rings. The summed E-state index contributed by atoms with van der Waals surface area (Å²) in [6.45, 7) is 5.24. The van der Waals surface area contributed by atoms with Gasteiger partial charge in [0.2, 0.25) is 0 Å². The summed E-state index contributed by atoms with van der Waals surface area (Å²) in [4.78, 5) is 6.84. The lowest BCUT2D eigenvalue weighted by molar-refractivity contribution is 0.241. The fourth-order valence-corrected chi connectivity index (χ4v) is 2.48. The minimum absolute atomic E-state index is 0.530. The van der Waals surface area contributed by atoms with Crippen LogP contribution in [0.2, 0.25) is 5.02 Å². The van der Waals surface area contributed by atoms with E-state index in [1.54, 1.807) is 0 Å². The summed E-state index contributed by atoms with van der Waals surface area (Å²) in [5, 5.41) is 8.04. The number of nitrogens with zero attached hydrogens (tertiary/aromatic N) is 3. The monoisotopic (exact) mass is 292 g/mol. The maximum absolute atomic E-state index is 5.96. The third-order valence-corrected chi connectivity index (χ3v) is 3.64. The van der Waals surface area contributed by atoms with E-state index in [1.807, 2.05) is 24.3 Å². The summed E-state index contributed by atoms with van der Waals surface area (Å²) in [6.07, 6.45) is 0.810. The molecule has 1 aromatic carbocycles. The molecule has 2 heterocycles. The Bertz CT molecular complexity index is 566. The Hall–Kier alpha value is -1.43. The maximum atomic E-state index is 5.96. The number of hydrogen-bond donors (Lipinski definition) is 1. The van der Waals surface area contributed by atoms with Crippen LogP contribution in [-0.4, -0.2) is 47.8 Å². The Morgan fingerprint density at radius 1 is 1.30 bits per heavy atom. The van der Waals surface area contributed by atoms with E-state index in [2.05, 4.69) is 20.4 Å². The highest BCUT2D eigenvalue weighted by Crippen LogP contribution is 2.20. The van der Waals surface area contributed by atoms with Gasteiger partial charge in [-0.05, 0) is 18.2 Å². The molecule has 0 amide bonds. The molecule has 1 aromatic heterocycles. The number of benzene rings is 1. The van der Waals surface area contributed by atoms with Gasteiger partial charge in [-0.1, -0.05) is 22.8 Å². The molecule has 0 radical (unpaired) electrons. The number of nitrogens with one attached hydrogen (secondary N) is 1. The average Bonchev–Trinajstić information content (AvgIpc) is 2.95. The first-order chi connectivity index (χ1) is 9.81. The lowest BCUT2D eigenvalue weighted by atomic mass is 10.2. The van der Waals surface area contributed by atoms with Crippen LogP contribution in [-0.2, 0) is 6.42 Å². The van der Waals surface area contributed by atoms with E-state index in [1.165, 1.54) is 0 Å². The predicted molar refractivity (Wildman–Crippen MR) is 77.8 cm³/mol. The zero-order valence-corrected chi connectivity index (χ0v) is 11.9. The highest BCUT2D eigenvalue weighted by atomic mass is 35.5. The van der Waals surface area contributed by atoms with E-state index in [0.717, 1.165) is 50.5 Å². The van der Waals surface area contributed by atoms with Crippen LogP contribution in [0.5, 0.6) is 0 Å². The van der Waals surface area contributed by atoms with Crippen LogP contribution in [0.25, 0.3) is 11.5 Å². The molecule has 106 valence electrons. The van der Waals surface area contributed by atoms with Gasteiger partial charge in [0.15, 0.2) is 5.82 Å². The Labute approximate surface area is 122 Å². The quantitative estimate of drug-likeness (QED) is 0.932. The van der Waals surface area contributed by atoms with Crippen molar-refractivity contribution in [2.24, 2.45) is 0 Å². The van der Waals surface area contributed by atoms with E-state index in [4.69, 9.17) is 16.1 Å². The van der Waals surface area contributed by atoms with E-state index < -0.39 is 0 Å². The van der Waals surface area contributed by atoms with E-state index >= 15 is 0 Å². The first-order valence-electron chi connectivity index (χ1n) is 6.83. The molecular formula is C14H17ClN4O. The number of halogens is 1. The van der Waals surface area contributed by atoms with Gasteiger partial charge >= 0.3 is 0 Å². The molecule has 0 aliphatic carbocycles. The molecule has 1 fully saturated rings. The van der Waals surface area contributed by atoms with Crippen LogP contribution in [0.3, 0.4) is 0 Å². The van der Waals surface area contributed by atoms with Crippen LogP contribution in [0.15, 0.2) is 28.8 Å². The third-order valence-electron chi connectivity index (χ3n) is 3.40. The number of hydrogen-bond acceptors (Lipinski definition) is 5. The second-order valence-electron chi connectivity index (χ2n) is 4.87. The fraction of sp³-hybridized carbons (Fsp3) is 0.429. The molecule has 0 spiro atoms. The maximum Gasteiger partial charge on any atom is 0.257 e. The molecule has 3 rings (SSSR count). The van der Waals surface area contributed by atoms with Gasteiger partial charge in [0.1, 0.15) is 0 Å². The topological polar surface area (TPSA) is 54.2 Å². The van der Waals surface area contributed by atoms with Gasteiger partial charge in [-0.15, -0.1) is 0 Å².